The van der Waals surface area contributed by atoms with Gasteiger partial charge in [0.25, 0.3) is 5.91 Å². The normalized spacial score (nSPS) is 14.8. The van der Waals surface area contributed by atoms with Crippen LogP contribution in [0.5, 0.6) is 0 Å². The molecule has 29 heavy (non-hydrogen) atoms. The summed E-state index contributed by atoms with van der Waals surface area (Å²) < 4.78 is 5.16. The van der Waals surface area contributed by atoms with Crippen LogP contribution in [-0.4, -0.2) is 34.8 Å². The van der Waals surface area contributed by atoms with Gasteiger partial charge >= 0.3 is 0 Å². The molecular weight excluding hydrogens is 433 g/mol. The van der Waals surface area contributed by atoms with E-state index in [4.69, 9.17) is 27.6 Å². The summed E-state index contributed by atoms with van der Waals surface area (Å²) in [5.74, 6) is -0.0670. The molecule has 0 spiro atoms. The zero-order valence-electron chi connectivity index (χ0n) is 15.2. The summed E-state index contributed by atoms with van der Waals surface area (Å²) in [5.41, 5.74) is 1.45. The number of thiazole rings is 1. The summed E-state index contributed by atoms with van der Waals surface area (Å²) in [4.78, 5) is 31.1. The van der Waals surface area contributed by atoms with Gasteiger partial charge in [0.05, 0.1) is 17.0 Å². The van der Waals surface area contributed by atoms with E-state index in [0.29, 0.717) is 52.6 Å². The van der Waals surface area contributed by atoms with Crippen molar-refractivity contribution >= 4 is 51.5 Å². The Morgan fingerprint density at radius 3 is 2.69 bits per heavy atom. The van der Waals surface area contributed by atoms with E-state index in [1.807, 2.05) is 5.38 Å². The number of carbonyl (C=O) groups excluding carboxylic acids is 2. The van der Waals surface area contributed by atoms with Gasteiger partial charge in [0, 0.05) is 35.0 Å². The molecule has 9 heteroatoms. The van der Waals surface area contributed by atoms with Crippen LogP contribution in [0, 0.1) is 5.92 Å². The predicted octanol–water partition coefficient (Wildman–Crippen LogP) is 5.20. The molecule has 1 aromatic carbocycles. The highest BCUT2D eigenvalue weighted by Gasteiger charge is 2.29. The number of amides is 2. The molecule has 1 aliphatic rings. The lowest BCUT2D eigenvalue weighted by Gasteiger charge is -2.30. The number of benzene rings is 1. The Labute approximate surface area is 181 Å². The van der Waals surface area contributed by atoms with Gasteiger partial charge in [-0.15, -0.1) is 11.3 Å². The minimum Gasteiger partial charge on any atom is -0.459 e. The first kappa shape index (κ1) is 19.9. The highest BCUT2D eigenvalue weighted by molar-refractivity contribution is 7.14. The summed E-state index contributed by atoms with van der Waals surface area (Å²) in [6, 6.07) is 8.55. The Morgan fingerprint density at radius 2 is 2.00 bits per heavy atom. The Hall–Kier alpha value is -2.35. The first-order valence-corrected chi connectivity index (χ1v) is 10.7. The molecule has 150 valence electrons. The monoisotopic (exact) mass is 449 g/mol. The fraction of sp³-hybridized carbons (Fsp3) is 0.250. The number of nitrogens with zero attached hydrogens (tertiary/aromatic N) is 2. The topological polar surface area (TPSA) is 75.4 Å². The fourth-order valence-corrected chi connectivity index (χ4v) is 4.48. The van der Waals surface area contributed by atoms with Crippen molar-refractivity contribution in [3.8, 4) is 11.3 Å². The smallest absolute Gasteiger partial charge is 0.289 e. The molecule has 0 unspecified atom stereocenters. The SMILES string of the molecule is O=C(Nc1nc(-c2ccc(Cl)cc2Cl)cs1)C1CCN(C(=O)c2ccco2)CC1. The van der Waals surface area contributed by atoms with E-state index in [2.05, 4.69) is 10.3 Å². The second kappa shape index (κ2) is 8.57. The molecular formula is C20H17Cl2N3O3S. The van der Waals surface area contributed by atoms with Gasteiger partial charge in [-0.05, 0) is 43.2 Å². The first-order valence-electron chi connectivity index (χ1n) is 9.06. The number of carbonyl (C=O) groups is 2. The van der Waals surface area contributed by atoms with Crippen LogP contribution in [0.2, 0.25) is 10.0 Å². The van der Waals surface area contributed by atoms with Gasteiger partial charge in [-0.3, -0.25) is 9.59 Å². The molecule has 3 heterocycles. The average molecular weight is 450 g/mol. The van der Waals surface area contributed by atoms with E-state index in [-0.39, 0.29) is 17.7 Å². The fourth-order valence-electron chi connectivity index (χ4n) is 3.26. The summed E-state index contributed by atoms with van der Waals surface area (Å²) in [6.45, 7) is 1.03. The third-order valence-corrected chi connectivity index (χ3v) is 6.13. The van der Waals surface area contributed by atoms with Crippen molar-refractivity contribution in [1.82, 2.24) is 9.88 Å². The quantitative estimate of drug-likeness (QED) is 0.593. The van der Waals surface area contributed by atoms with Crippen molar-refractivity contribution in [3.63, 3.8) is 0 Å². The van der Waals surface area contributed by atoms with Crippen molar-refractivity contribution in [2.45, 2.75) is 12.8 Å². The van der Waals surface area contributed by atoms with Crippen LogP contribution in [0.25, 0.3) is 11.3 Å². The third-order valence-electron chi connectivity index (χ3n) is 4.83. The molecule has 1 aliphatic heterocycles. The van der Waals surface area contributed by atoms with Crippen LogP contribution >= 0.6 is 34.5 Å². The maximum atomic E-state index is 12.6. The van der Waals surface area contributed by atoms with E-state index in [1.54, 1.807) is 35.2 Å². The van der Waals surface area contributed by atoms with Crippen molar-refractivity contribution < 1.29 is 14.0 Å². The molecule has 6 nitrogen and oxygen atoms in total. The molecule has 0 aliphatic carbocycles. The number of hydrogen-bond donors (Lipinski definition) is 1. The van der Waals surface area contributed by atoms with E-state index < -0.39 is 0 Å². The van der Waals surface area contributed by atoms with Crippen LogP contribution in [0.4, 0.5) is 5.13 Å². The van der Waals surface area contributed by atoms with Gasteiger partial charge in [0.15, 0.2) is 10.9 Å². The van der Waals surface area contributed by atoms with Crippen LogP contribution in [-0.2, 0) is 4.79 Å². The van der Waals surface area contributed by atoms with E-state index in [9.17, 15) is 9.59 Å². The number of piperidine rings is 1. The standard InChI is InChI=1S/C20H17Cl2N3O3S/c21-13-3-4-14(15(22)10-13)16-11-29-20(23-16)24-18(26)12-5-7-25(8-6-12)19(27)17-2-1-9-28-17/h1-4,9-12H,5-8H2,(H,23,24,26). The Balaban J connectivity index is 1.35. The van der Waals surface area contributed by atoms with Gasteiger partial charge in [-0.25, -0.2) is 4.98 Å². The molecule has 0 radical (unpaired) electrons. The Bertz CT molecular complexity index is 1030. The maximum absolute atomic E-state index is 12.6. The Kier molecular flexibility index (Phi) is 5.89. The van der Waals surface area contributed by atoms with Crippen LogP contribution < -0.4 is 5.32 Å². The van der Waals surface area contributed by atoms with E-state index in [0.717, 1.165) is 5.56 Å². The van der Waals surface area contributed by atoms with Gasteiger partial charge < -0.3 is 14.6 Å². The minimum absolute atomic E-state index is 0.0850. The number of halogens is 2. The molecule has 1 N–H and O–H groups in total. The van der Waals surface area contributed by atoms with E-state index in [1.165, 1.54) is 17.6 Å². The summed E-state index contributed by atoms with van der Waals surface area (Å²) >= 11 is 13.5. The second-order valence-corrected chi connectivity index (χ2v) is 8.40. The predicted molar refractivity (Wildman–Crippen MR) is 114 cm³/mol. The molecule has 1 fully saturated rings. The molecule has 0 saturated carbocycles. The third kappa shape index (κ3) is 4.47. The highest BCUT2D eigenvalue weighted by atomic mass is 35.5. The van der Waals surface area contributed by atoms with E-state index >= 15 is 0 Å². The molecule has 1 saturated heterocycles. The molecule has 2 aromatic heterocycles. The molecule has 3 aromatic rings. The number of rotatable bonds is 4. The van der Waals surface area contributed by atoms with Crippen molar-refractivity contribution in [3.05, 3.63) is 57.8 Å². The number of likely N-dealkylation sites (tertiary alicyclic amines) is 1. The largest absolute Gasteiger partial charge is 0.459 e. The number of nitrogens with one attached hydrogen (secondary N) is 1. The molecule has 0 bridgehead atoms. The van der Waals surface area contributed by atoms with Crippen molar-refractivity contribution in [2.75, 3.05) is 18.4 Å². The molecule has 0 atom stereocenters. The van der Waals surface area contributed by atoms with Crippen molar-refractivity contribution in [2.24, 2.45) is 5.92 Å². The lowest BCUT2D eigenvalue weighted by atomic mass is 9.96. The lowest BCUT2D eigenvalue weighted by Crippen LogP contribution is -2.41. The number of furan rings is 1. The summed E-state index contributed by atoms with van der Waals surface area (Å²) in [7, 11) is 0. The summed E-state index contributed by atoms with van der Waals surface area (Å²) in [5, 5.41) is 6.31. The number of anilines is 1. The van der Waals surface area contributed by atoms with Crippen LogP contribution in [0.15, 0.2) is 46.4 Å². The second-order valence-electron chi connectivity index (χ2n) is 6.70. The zero-order valence-corrected chi connectivity index (χ0v) is 17.6. The number of hydrogen-bond acceptors (Lipinski definition) is 5. The maximum Gasteiger partial charge on any atom is 0.289 e. The minimum atomic E-state index is -0.165. The van der Waals surface area contributed by atoms with Crippen molar-refractivity contribution in [1.29, 1.82) is 0 Å². The van der Waals surface area contributed by atoms with Gasteiger partial charge in [-0.2, -0.15) is 0 Å². The number of aromatic nitrogens is 1. The van der Waals surface area contributed by atoms with Gasteiger partial charge in [0.1, 0.15) is 0 Å². The van der Waals surface area contributed by atoms with Gasteiger partial charge in [-0.1, -0.05) is 23.2 Å². The van der Waals surface area contributed by atoms with Gasteiger partial charge in [0.2, 0.25) is 5.91 Å². The van der Waals surface area contributed by atoms with Crippen LogP contribution in [0.3, 0.4) is 0 Å². The lowest BCUT2D eigenvalue weighted by molar-refractivity contribution is -0.121. The highest BCUT2D eigenvalue weighted by Crippen LogP contribution is 2.32. The van der Waals surface area contributed by atoms with Crippen LogP contribution in [0.1, 0.15) is 23.4 Å². The molecule has 2 amide bonds. The molecule has 4 rings (SSSR count). The summed E-state index contributed by atoms with van der Waals surface area (Å²) in [6.07, 6.45) is 2.67. The zero-order chi connectivity index (χ0) is 20.4. The average Bonchev–Trinajstić information content (AvgIpc) is 3.40. The Morgan fingerprint density at radius 1 is 1.21 bits per heavy atom. The first-order chi connectivity index (χ1) is 14.0.